The zero-order chi connectivity index (χ0) is 13.1. The number of hydrogen-bond acceptors (Lipinski definition) is 4. The highest BCUT2D eigenvalue weighted by Crippen LogP contribution is 2.27. The molecular weight excluding hydrogens is 238 g/mol. The quantitative estimate of drug-likeness (QED) is 0.914. The second kappa shape index (κ2) is 5.28. The molecule has 0 atom stereocenters. The van der Waals surface area contributed by atoms with E-state index in [9.17, 15) is 0 Å². The van der Waals surface area contributed by atoms with Gasteiger partial charge in [0.2, 0.25) is 0 Å². The molecule has 0 aliphatic carbocycles. The summed E-state index contributed by atoms with van der Waals surface area (Å²) in [4.78, 5) is 4.02. The number of ether oxygens (including phenoxy) is 1. The van der Waals surface area contributed by atoms with Crippen molar-refractivity contribution in [1.82, 2.24) is 9.99 Å². The van der Waals surface area contributed by atoms with E-state index >= 15 is 0 Å². The standard InChI is InChI=1S/C15H17N3O/c1-19-15-4-2-3-12-11-18(10-7-14(12)15)17-13-5-8-16-9-6-13/h2-6,8-9H,7,10-11H2,1H3,(H,16,17). The van der Waals surface area contributed by atoms with Crippen LogP contribution in [0.3, 0.4) is 0 Å². The van der Waals surface area contributed by atoms with Gasteiger partial charge in [-0.2, -0.15) is 0 Å². The van der Waals surface area contributed by atoms with Crippen molar-refractivity contribution in [1.29, 1.82) is 0 Å². The van der Waals surface area contributed by atoms with E-state index in [2.05, 4.69) is 21.5 Å². The Morgan fingerprint density at radius 1 is 1.21 bits per heavy atom. The molecule has 98 valence electrons. The van der Waals surface area contributed by atoms with E-state index in [1.807, 2.05) is 24.3 Å². The number of aromatic nitrogens is 1. The van der Waals surface area contributed by atoms with Gasteiger partial charge >= 0.3 is 0 Å². The van der Waals surface area contributed by atoms with Crippen molar-refractivity contribution in [2.45, 2.75) is 13.0 Å². The van der Waals surface area contributed by atoms with Gasteiger partial charge in [-0.05, 0) is 30.2 Å². The minimum absolute atomic E-state index is 0.884. The van der Waals surface area contributed by atoms with E-state index in [-0.39, 0.29) is 0 Å². The van der Waals surface area contributed by atoms with E-state index in [1.165, 1.54) is 11.1 Å². The van der Waals surface area contributed by atoms with Crippen LogP contribution in [0.4, 0.5) is 5.69 Å². The molecule has 1 N–H and O–H groups in total. The fourth-order valence-corrected chi connectivity index (χ4v) is 2.47. The van der Waals surface area contributed by atoms with Crippen molar-refractivity contribution in [2.24, 2.45) is 0 Å². The molecule has 4 heteroatoms. The Balaban J connectivity index is 1.76. The number of methoxy groups -OCH3 is 1. The van der Waals surface area contributed by atoms with Crippen molar-refractivity contribution in [3.63, 3.8) is 0 Å². The molecule has 0 unspecified atom stereocenters. The van der Waals surface area contributed by atoms with Gasteiger partial charge in [-0.15, -0.1) is 0 Å². The third kappa shape index (κ3) is 2.53. The van der Waals surface area contributed by atoms with Crippen LogP contribution in [0.25, 0.3) is 0 Å². The minimum Gasteiger partial charge on any atom is -0.496 e. The SMILES string of the molecule is COc1cccc2c1CCN(Nc1ccncc1)C2. The molecule has 0 radical (unpaired) electrons. The Hall–Kier alpha value is -2.07. The highest BCUT2D eigenvalue weighted by atomic mass is 16.5. The van der Waals surface area contributed by atoms with Gasteiger partial charge in [-0.3, -0.25) is 4.98 Å². The van der Waals surface area contributed by atoms with Gasteiger partial charge in [0.05, 0.1) is 12.8 Å². The van der Waals surface area contributed by atoms with Crippen molar-refractivity contribution >= 4 is 5.69 Å². The van der Waals surface area contributed by atoms with Crippen LogP contribution < -0.4 is 10.2 Å². The number of fused-ring (bicyclic) bond motifs is 1. The molecule has 0 fully saturated rings. The molecule has 1 aliphatic rings. The molecular formula is C15H17N3O. The normalized spacial score (nSPS) is 14.8. The van der Waals surface area contributed by atoms with E-state index < -0.39 is 0 Å². The minimum atomic E-state index is 0.884. The topological polar surface area (TPSA) is 37.4 Å². The summed E-state index contributed by atoms with van der Waals surface area (Å²) in [6.45, 7) is 1.85. The maximum Gasteiger partial charge on any atom is 0.122 e. The van der Waals surface area contributed by atoms with Gasteiger partial charge in [0.1, 0.15) is 5.75 Å². The van der Waals surface area contributed by atoms with Crippen molar-refractivity contribution in [2.75, 3.05) is 19.1 Å². The zero-order valence-corrected chi connectivity index (χ0v) is 11.0. The summed E-state index contributed by atoms with van der Waals surface area (Å²) in [7, 11) is 1.73. The molecule has 0 bridgehead atoms. The molecule has 2 heterocycles. The first-order valence-corrected chi connectivity index (χ1v) is 6.43. The highest BCUT2D eigenvalue weighted by molar-refractivity contribution is 5.44. The van der Waals surface area contributed by atoms with Crippen LogP contribution in [0.15, 0.2) is 42.7 Å². The summed E-state index contributed by atoms with van der Waals surface area (Å²) in [5, 5.41) is 2.22. The molecule has 1 aliphatic heterocycles. The van der Waals surface area contributed by atoms with Crippen LogP contribution in [0.5, 0.6) is 5.75 Å². The van der Waals surface area contributed by atoms with Gasteiger partial charge in [0.15, 0.2) is 0 Å². The number of nitrogens with one attached hydrogen (secondary N) is 1. The van der Waals surface area contributed by atoms with Crippen LogP contribution in [-0.2, 0) is 13.0 Å². The average molecular weight is 255 g/mol. The van der Waals surface area contributed by atoms with Crippen molar-refractivity contribution < 1.29 is 4.74 Å². The van der Waals surface area contributed by atoms with Crippen LogP contribution >= 0.6 is 0 Å². The third-order valence-electron chi connectivity index (χ3n) is 3.41. The van der Waals surface area contributed by atoms with Crippen LogP contribution in [0, 0.1) is 0 Å². The largest absolute Gasteiger partial charge is 0.496 e. The Bertz CT molecular complexity index is 557. The highest BCUT2D eigenvalue weighted by Gasteiger charge is 2.18. The first-order chi connectivity index (χ1) is 9.36. The number of hydrogen-bond donors (Lipinski definition) is 1. The summed E-state index contributed by atoms with van der Waals surface area (Å²) >= 11 is 0. The number of hydrazine groups is 1. The number of nitrogens with zero attached hydrogens (tertiary/aromatic N) is 2. The summed E-state index contributed by atoms with van der Waals surface area (Å²) in [6.07, 6.45) is 4.59. The van der Waals surface area contributed by atoms with E-state index in [1.54, 1.807) is 19.5 Å². The van der Waals surface area contributed by atoms with Gasteiger partial charge in [-0.25, -0.2) is 5.01 Å². The smallest absolute Gasteiger partial charge is 0.122 e. The molecule has 0 saturated carbocycles. The Labute approximate surface area is 113 Å². The van der Waals surface area contributed by atoms with Gasteiger partial charge in [0.25, 0.3) is 0 Å². The summed E-state index contributed by atoms with van der Waals surface area (Å²) in [6, 6.07) is 10.2. The maximum absolute atomic E-state index is 5.42. The first kappa shape index (κ1) is 12.0. The number of benzene rings is 1. The fraction of sp³-hybridized carbons (Fsp3) is 0.267. The van der Waals surface area contributed by atoms with Crippen LogP contribution in [0.1, 0.15) is 11.1 Å². The van der Waals surface area contributed by atoms with Crippen LogP contribution in [0.2, 0.25) is 0 Å². The molecule has 19 heavy (non-hydrogen) atoms. The second-order valence-electron chi connectivity index (χ2n) is 4.62. The van der Waals surface area contributed by atoms with Crippen molar-refractivity contribution in [3.05, 3.63) is 53.9 Å². The summed E-state index contributed by atoms with van der Waals surface area (Å²) < 4.78 is 5.42. The summed E-state index contributed by atoms with van der Waals surface area (Å²) in [5.74, 6) is 1.00. The monoisotopic (exact) mass is 255 g/mol. The molecule has 0 spiro atoms. The lowest BCUT2D eigenvalue weighted by Gasteiger charge is -2.30. The Kier molecular flexibility index (Phi) is 3.33. The zero-order valence-electron chi connectivity index (χ0n) is 11.0. The molecule has 4 nitrogen and oxygen atoms in total. The Morgan fingerprint density at radius 2 is 2.05 bits per heavy atom. The van der Waals surface area contributed by atoms with E-state index in [4.69, 9.17) is 4.74 Å². The first-order valence-electron chi connectivity index (χ1n) is 6.43. The molecule has 3 rings (SSSR count). The third-order valence-corrected chi connectivity index (χ3v) is 3.41. The number of anilines is 1. The maximum atomic E-state index is 5.42. The van der Waals surface area contributed by atoms with E-state index in [0.29, 0.717) is 0 Å². The average Bonchev–Trinajstić information content (AvgIpc) is 2.47. The lowest BCUT2D eigenvalue weighted by molar-refractivity contribution is 0.302. The summed E-state index contributed by atoms with van der Waals surface area (Å²) in [5.41, 5.74) is 7.14. The molecule has 1 aromatic heterocycles. The molecule has 2 aromatic rings. The van der Waals surface area contributed by atoms with Gasteiger partial charge < -0.3 is 10.2 Å². The van der Waals surface area contributed by atoms with E-state index in [0.717, 1.165) is 30.9 Å². The number of rotatable bonds is 3. The number of pyridine rings is 1. The molecule has 0 saturated heterocycles. The molecule has 0 amide bonds. The predicted molar refractivity (Wildman–Crippen MR) is 75.0 cm³/mol. The predicted octanol–water partition coefficient (Wildman–Crippen LogP) is 2.48. The van der Waals surface area contributed by atoms with Gasteiger partial charge in [0, 0.05) is 31.0 Å². The fourth-order valence-electron chi connectivity index (χ4n) is 2.47. The van der Waals surface area contributed by atoms with Crippen molar-refractivity contribution in [3.8, 4) is 5.75 Å². The lowest BCUT2D eigenvalue weighted by Crippen LogP contribution is -2.35. The molecule has 1 aromatic carbocycles. The van der Waals surface area contributed by atoms with Crippen LogP contribution in [-0.4, -0.2) is 23.6 Å². The Morgan fingerprint density at radius 3 is 2.84 bits per heavy atom. The second-order valence-corrected chi connectivity index (χ2v) is 4.62. The lowest BCUT2D eigenvalue weighted by atomic mass is 10.00. The van der Waals surface area contributed by atoms with Gasteiger partial charge in [-0.1, -0.05) is 12.1 Å².